The van der Waals surface area contributed by atoms with Crippen LogP contribution in [0.4, 0.5) is 0 Å². The molecule has 1 aliphatic heterocycles. The molecular formula is C25H28N2O2. The summed E-state index contributed by atoms with van der Waals surface area (Å²) < 4.78 is 11.5. The molecule has 4 nitrogen and oxygen atoms in total. The third-order valence-electron chi connectivity index (χ3n) is 5.73. The van der Waals surface area contributed by atoms with Crippen molar-refractivity contribution in [2.24, 2.45) is 0 Å². The molecule has 1 unspecified atom stereocenters. The van der Waals surface area contributed by atoms with Crippen molar-refractivity contribution in [2.75, 3.05) is 26.9 Å². The molecule has 29 heavy (non-hydrogen) atoms. The average molecular weight is 389 g/mol. The van der Waals surface area contributed by atoms with Crippen molar-refractivity contribution in [3.8, 4) is 5.75 Å². The fraction of sp³-hybridized carbons (Fsp3) is 0.320. The van der Waals surface area contributed by atoms with Gasteiger partial charge in [0.25, 0.3) is 0 Å². The van der Waals surface area contributed by atoms with E-state index in [1.54, 1.807) is 7.11 Å². The number of rotatable bonds is 8. The molecule has 4 heteroatoms. The largest absolute Gasteiger partial charge is 0.496 e. The van der Waals surface area contributed by atoms with E-state index in [1.807, 2.05) is 30.6 Å². The summed E-state index contributed by atoms with van der Waals surface area (Å²) in [6.45, 7) is 4.13. The van der Waals surface area contributed by atoms with Crippen LogP contribution in [0.3, 0.4) is 0 Å². The Hall–Kier alpha value is -2.69. The number of methoxy groups -OCH3 is 1. The summed E-state index contributed by atoms with van der Waals surface area (Å²) in [6, 6.07) is 23.2. The molecule has 0 bridgehead atoms. The zero-order valence-corrected chi connectivity index (χ0v) is 17.0. The zero-order chi connectivity index (χ0) is 19.9. The lowest BCUT2D eigenvalue weighted by atomic mass is 9.79. The highest BCUT2D eigenvalue weighted by Gasteiger charge is 2.38. The highest BCUT2D eigenvalue weighted by Crippen LogP contribution is 2.35. The first-order chi connectivity index (χ1) is 14.3. The number of aromatic nitrogens is 1. The Morgan fingerprint density at radius 2 is 1.83 bits per heavy atom. The van der Waals surface area contributed by atoms with Gasteiger partial charge in [0.2, 0.25) is 0 Å². The monoisotopic (exact) mass is 388 g/mol. The molecule has 4 rings (SSSR count). The molecule has 2 heterocycles. The van der Waals surface area contributed by atoms with Crippen LogP contribution in [-0.4, -0.2) is 36.8 Å². The van der Waals surface area contributed by atoms with Gasteiger partial charge in [0.05, 0.1) is 13.7 Å². The summed E-state index contributed by atoms with van der Waals surface area (Å²) in [5, 5.41) is 0. The lowest BCUT2D eigenvalue weighted by molar-refractivity contribution is 0.143. The van der Waals surface area contributed by atoms with Crippen LogP contribution >= 0.6 is 0 Å². The minimum absolute atomic E-state index is 0.00544. The van der Waals surface area contributed by atoms with E-state index in [1.165, 1.54) is 16.7 Å². The topological polar surface area (TPSA) is 34.6 Å². The predicted molar refractivity (Wildman–Crippen MR) is 115 cm³/mol. The molecule has 1 atom stereocenters. The lowest BCUT2D eigenvalue weighted by Gasteiger charge is -2.35. The van der Waals surface area contributed by atoms with Gasteiger partial charge in [0.15, 0.2) is 0 Å². The van der Waals surface area contributed by atoms with E-state index >= 15 is 0 Å². The maximum Gasteiger partial charge on any atom is 0.123 e. The molecule has 0 N–H and O–H groups in total. The predicted octanol–water partition coefficient (Wildman–Crippen LogP) is 4.45. The van der Waals surface area contributed by atoms with E-state index < -0.39 is 0 Å². The molecule has 1 aliphatic rings. The number of para-hydroxylation sites is 1. The van der Waals surface area contributed by atoms with Crippen molar-refractivity contribution in [3.05, 3.63) is 95.8 Å². The van der Waals surface area contributed by atoms with Crippen molar-refractivity contribution in [1.29, 1.82) is 0 Å². The molecule has 1 aromatic heterocycles. The Bertz CT molecular complexity index is 893. The lowest BCUT2D eigenvalue weighted by Crippen LogP contribution is -2.41. The van der Waals surface area contributed by atoms with Gasteiger partial charge in [-0.1, -0.05) is 54.6 Å². The van der Waals surface area contributed by atoms with Crippen LogP contribution in [-0.2, 0) is 23.2 Å². The molecule has 0 amide bonds. The number of ether oxygens (including phenoxy) is 2. The smallest absolute Gasteiger partial charge is 0.123 e. The number of nitrogens with zero attached hydrogens (tertiary/aromatic N) is 2. The second kappa shape index (κ2) is 9.21. The molecular weight excluding hydrogens is 360 g/mol. The first-order valence-electron chi connectivity index (χ1n) is 10.2. The molecule has 3 aromatic rings. The van der Waals surface area contributed by atoms with Crippen LogP contribution in [0.25, 0.3) is 0 Å². The average Bonchev–Trinajstić information content (AvgIpc) is 3.25. The Kier molecular flexibility index (Phi) is 6.23. The SMILES string of the molecule is COc1ccccc1CN(Cc1cccnc1)CC1(c2ccccc2)CCOC1. The van der Waals surface area contributed by atoms with Gasteiger partial charge >= 0.3 is 0 Å². The van der Waals surface area contributed by atoms with Gasteiger partial charge in [-0.2, -0.15) is 0 Å². The maximum absolute atomic E-state index is 5.90. The number of hydrogen-bond donors (Lipinski definition) is 0. The van der Waals surface area contributed by atoms with Crippen LogP contribution < -0.4 is 4.74 Å². The van der Waals surface area contributed by atoms with Crippen LogP contribution in [0.15, 0.2) is 79.1 Å². The fourth-order valence-corrected chi connectivity index (χ4v) is 4.26. The molecule has 0 radical (unpaired) electrons. The number of benzene rings is 2. The molecule has 1 saturated heterocycles. The summed E-state index contributed by atoms with van der Waals surface area (Å²) >= 11 is 0. The van der Waals surface area contributed by atoms with Crippen LogP contribution in [0, 0.1) is 0 Å². The Morgan fingerprint density at radius 1 is 1.00 bits per heavy atom. The van der Waals surface area contributed by atoms with Crippen LogP contribution in [0.5, 0.6) is 5.75 Å². The van der Waals surface area contributed by atoms with E-state index in [0.29, 0.717) is 0 Å². The van der Waals surface area contributed by atoms with Gasteiger partial charge in [-0.05, 0) is 29.7 Å². The number of pyridine rings is 1. The minimum Gasteiger partial charge on any atom is -0.496 e. The standard InChI is InChI=1S/C25H28N2O2/c1-28-24-12-6-5-9-22(24)18-27(17-21-8-7-14-26-16-21)19-25(13-15-29-20-25)23-10-3-2-4-11-23/h2-12,14,16H,13,15,17-20H2,1H3. The minimum atomic E-state index is 0.00544. The van der Waals surface area contributed by atoms with Crippen molar-refractivity contribution < 1.29 is 9.47 Å². The van der Waals surface area contributed by atoms with Crippen molar-refractivity contribution in [1.82, 2.24) is 9.88 Å². The molecule has 0 spiro atoms. The summed E-state index contributed by atoms with van der Waals surface area (Å²) in [5.41, 5.74) is 3.77. The van der Waals surface area contributed by atoms with Crippen molar-refractivity contribution >= 4 is 0 Å². The first-order valence-corrected chi connectivity index (χ1v) is 10.2. The normalized spacial score (nSPS) is 18.8. The molecule has 0 saturated carbocycles. The van der Waals surface area contributed by atoms with Crippen LogP contribution in [0.1, 0.15) is 23.1 Å². The maximum atomic E-state index is 5.90. The fourth-order valence-electron chi connectivity index (χ4n) is 4.26. The molecule has 150 valence electrons. The Labute approximate surface area is 173 Å². The quantitative estimate of drug-likeness (QED) is 0.571. The Morgan fingerprint density at radius 3 is 2.55 bits per heavy atom. The van der Waals surface area contributed by atoms with Gasteiger partial charge in [-0.25, -0.2) is 0 Å². The third-order valence-corrected chi connectivity index (χ3v) is 5.73. The summed E-state index contributed by atoms with van der Waals surface area (Å²) in [7, 11) is 1.74. The van der Waals surface area contributed by atoms with Gasteiger partial charge < -0.3 is 9.47 Å². The summed E-state index contributed by atoms with van der Waals surface area (Å²) in [4.78, 5) is 6.81. The summed E-state index contributed by atoms with van der Waals surface area (Å²) in [5.74, 6) is 0.931. The highest BCUT2D eigenvalue weighted by molar-refractivity contribution is 5.33. The molecule has 1 fully saturated rings. The third kappa shape index (κ3) is 4.66. The molecule has 0 aliphatic carbocycles. The van der Waals surface area contributed by atoms with Crippen molar-refractivity contribution in [2.45, 2.75) is 24.9 Å². The second-order valence-corrected chi connectivity index (χ2v) is 7.77. The van der Waals surface area contributed by atoms with Gasteiger partial charge in [-0.3, -0.25) is 9.88 Å². The van der Waals surface area contributed by atoms with Gasteiger partial charge in [0, 0.05) is 49.6 Å². The summed E-state index contributed by atoms with van der Waals surface area (Å²) in [6.07, 6.45) is 4.81. The second-order valence-electron chi connectivity index (χ2n) is 7.77. The molecule has 2 aromatic carbocycles. The van der Waals surface area contributed by atoms with E-state index in [2.05, 4.69) is 58.4 Å². The number of hydrogen-bond acceptors (Lipinski definition) is 4. The zero-order valence-electron chi connectivity index (χ0n) is 17.0. The van der Waals surface area contributed by atoms with Gasteiger partial charge in [-0.15, -0.1) is 0 Å². The highest BCUT2D eigenvalue weighted by atomic mass is 16.5. The van der Waals surface area contributed by atoms with E-state index in [4.69, 9.17) is 9.47 Å². The van der Waals surface area contributed by atoms with Crippen LogP contribution in [0.2, 0.25) is 0 Å². The van der Waals surface area contributed by atoms with E-state index in [9.17, 15) is 0 Å². The van der Waals surface area contributed by atoms with Gasteiger partial charge in [0.1, 0.15) is 5.75 Å². The van der Waals surface area contributed by atoms with Crippen molar-refractivity contribution in [3.63, 3.8) is 0 Å². The Balaban J connectivity index is 1.64. The van der Waals surface area contributed by atoms with E-state index in [0.717, 1.165) is 45.0 Å². The first kappa shape index (κ1) is 19.6. The van der Waals surface area contributed by atoms with E-state index in [-0.39, 0.29) is 5.41 Å².